The van der Waals surface area contributed by atoms with Gasteiger partial charge in [0, 0.05) is 6.54 Å². The Morgan fingerprint density at radius 2 is 2.00 bits per heavy atom. The Morgan fingerprint density at radius 1 is 1.29 bits per heavy atom. The standard InChI is InChI=1S/C16H20N2O6/c19-9-12(15(21)22)17-14(20)13-7-4-8-18(13)16(23)24-10-11-5-2-1-3-6-11/h1-3,5-6,12-13,19H,4,7-10H2,(H,17,20)(H,21,22)/t12-,13-/m0/s1. The summed E-state index contributed by atoms with van der Waals surface area (Å²) in [6, 6.07) is 6.97. The minimum absolute atomic E-state index is 0.0961. The van der Waals surface area contributed by atoms with E-state index < -0.39 is 36.7 Å². The molecule has 2 amide bonds. The molecule has 0 spiro atoms. The number of carbonyl (C=O) groups excluding carboxylic acids is 2. The predicted octanol–water partition coefficient (Wildman–Crippen LogP) is 0.349. The molecule has 24 heavy (non-hydrogen) atoms. The predicted molar refractivity (Wildman–Crippen MR) is 83.0 cm³/mol. The van der Waals surface area contributed by atoms with Crippen LogP contribution in [0.15, 0.2) is 30.3 Å². The summed E-state index contributed by atoms with van der Waals surface area (Å²) in [7, 11) is 0. The number of aliphatic hydroxyl groups is 1. The highest BCUT2D eigenvalue weighted by Gasteiger charge is 2.36. The van der Waals surface area contributed by atoms with Gasteiger partial charge in [0.2, 0.25) is 5.91 Å². The number of rotatable bonds is 6. The Kier molecular flexibility index (Phi) is 6.14. The van der Waals surface area contributed by atoms with Crippen molar-refractivity contribution in [1.29, 1.82) is 0 Å². The molecule has 1 aliphatic heterocycles. The van der Waals surface area contributed by atoms with Crippen molar-refractivity contribution in [3.8, 4) is 0 Å². The topological polar surface area (TPSA) is 116 Å². The van der Waals surface area contributed by atoms with E-state index in [1.807, 2.05) is 30.3 Å². The van der Waals surface area contributed by atoms with E-state index in [0.29, 0.717) is 19.4 Å². The van der Waals surface area contributed by atoms with Crippen LogP contribution in [0.2, 0.25) is 0 Å². The molecule has 0 bridgehead atoms. The zero-order valence-corrected chi connectivity index (χ0v) is 13.1. The third-order valence-corrected chi connectivity index (χ3v) is 3.79. The van der Waals surface area contributed by atoms with Crippen LogP contribution in [0.5, 0.6) is 0 Å². The average molecular weight is 336 g/mol. The van der Waals surface area contributed by atoms with Crippen molar-refractivity contribution in [3.63, 3.8) is 0 Å². The van der Waals surface area contributed by atoms with Gasteiger partial charge in [-0.1, -0.05) is 30.3 Å². The molecular formula is C16H20N2O6. The third kappa shape index (κ3) is 4.45. The number of benzene rings is 1. The van der Waals surface area contributed by atoms with E-state index in [9.17, 15) is 14.4 Å². The highest BCUT2D eigenvalue weighted by Crippen LogP contribution is 2.19. The summed E-state index contributed by atoms with van der Waals surface area (Å²) in [6.45, 7) is -0.256. The molecular weight excluding hydrogens is 316 g/mol. The number of aliphatic carboxylic acids is 1. The molecule has 1 saturated heterocycles. The molecule has 1 aliphatic rings. The summed E-state index contributed by atoms with van der Waals surface area (Å²) in [5.41, 5.74) is 0.831. The highest BCUT2D eigenvalue weighted by atomic mass is 16.6. The first-order valence-corrected chi connectivity index (χ1v) is 7.64. The van der Waals surface area contributed by atoms with Crippen molar-refractivity contribution in [2.45, 2.75) is 31.5 Å². The van der Waals surface area contributed by atoms with Gasteiger partial charge < -0.3 is 20.3 Å². The number of nitrogens with one attached hydrogen (secondary N) is 1. The highest BCUT2D eigenvalue weighted by molar-refractivity contribution is 5.89. The van der Waals surface area contributed by atoms with Crippen LogP contribution in [-0.4, -0.2) is 58.3 Å². The van der Waals surface area contributed by atoms with E-state index in [0.717, 1.165) is 5.56 Å². The summed E-state index contributed by atoms with van der Waals surface area (Å²) in [4.78, 5) is 36.5. The Bertz CT molecular complexity index is 591. The summed E-state index contributed by atoms with van der Waals surface area (Å²) in [5.74, 6) is -1.94. The fourth-order valence-corrected chi connectivity index (χ4v) is 2.51. The lowest BCUT2D eigenvalue weighted by Crippen LogP contribution is -2.52. The first kappa shape index (κ1) is 17.7. The largest absolute Gasteiger partial charge is 0.480 e. The van der Waals surface area contributed by atoms with Crippen LogP contribution in [-0.2, 0) is 20.9 Å². The fraction of sp³-hybridized carbons (Fsp3) is 0.438. The number of likely N-dealkylation sites (tertiary alicyclic amines) is 1. The molecule has 1 fully saturated rings. The number of amides is 2. The summed E-state index contributed by atoms with van der Waals surface area (Å²) >= 11 is 0. The number of hydrogen-bond acceptors (Lipinski definition) is 5. The lowest BCUT2D eigenvalue weighted by molar-refractivity contribution is -0.143. The average Bonchev–Trinajstić information content (AvgIpc) is 3.08. The fourth-order valence-electron chi connectivity index (χ4n) is 2.51. The van der Waals surface area contributed by atoms with E-state index in [2.05, 4.69) is 5.32 Å². The number of ether oxygens (including phenoxy) is 1. The van der Waals surface area contributed by atoms with Crippen LogP contribution in [0.3, 0.4) is 0 Å². The zero-order valence-electron chi connectivity index (χ0n) is 13.1. The molecule has 8 nitrogen and oxygen atoms in total. The molecule has 2 rings (SSSR count). The summed E-state index contributed by atoms with van der Waals surface area (Å²) < 4.78 is 5.21. The van der Waals surface area contributed by atoms with Crippen LogP contribution in [0.4, 0.5) is 4.79 Å². The van der Waals surface area contributed by atoms with E-state index in [1.165, 1.54) is 4.90 Å². The van der Waals surface area contributed by atoms with Crippen molar-refractivity contribution in [2.75, 3.05) is 13.2 Å². The van der Waals surface area contributed by atoms with Gasteiger partial charge in [-0.25, -0.2) is 9.59 Å². The Balaban J connectivity index is 1.92. The minimum Gasteiger partial charge on any atom is -0.480 e. The third-order valence-electron chi connectivity index (χ3n) is 3.79. The second-order valence-corrected chi connectivity index (χ2v) is 5.47. The quantitative estimate of drug-likeness (QED) is 0.690. The van der Waals surface area contributed by atoms with Crippen molar-refractivity contribution < 1.29 is 29.3 Å². The first-order valence-electron chi connectivity index (χ1n) is 7.64. The van der Waals surface area contributed by atoms with Gasteiger partial charge in [0.1, 0.15) is 18.7 Å². The van der Waals surface area contributed by atoms with Crippen LogP contribution < -0.4 is 5.32 Å². The van der Waals surface area contributed by atoms with Gasteiger partial charge in [-0.05, 0) is 18.4 Å². The second-order valence-electron chi connectivity index (χ2n) is 5.47. The maximum absolute atomic E-state index is 12.2. The van der Waals surface area contributed by atoms with E-state index in [1.54, 1.807) is 0 Å². The lowest BCUT2D eigenvalue weighted by atomic mass is 10.2. The number of hydrogen-bond donors (Lipinski definition) is 3. The number of carboxylic acids is 1. The van der Waals surface area contributed by atoms with Crippen LogP contribution >= 0.6 is 0 Å². The molecule has 8 heteroatoms. The molecule has 1 heterocycles. The molecule has 1 aromatic rings. The van der Waals surface area contributed by atoms with Crippen molar-refractivity contribution >= 4 is 18.0 Å². The van der Waals surface area contributed by atoms with Gasteiger partial charge in [0.05, 0.1) is 6.61 Å². The van der Waals surface area contributed by atoms with Crippen LogP contribution in [0, 0.1) is 0 Å². The van der Waals surface area contributed by atoms with Crippen molar-refractivity contribution in [1.82, 2.24) is 10.2 Å². The Labute approximate surface area is 139 Å². The number of aliphatic hydroxyl groups excluding tert-OH is 1. The van der Waals surface area contributed by atoms with E-state index in [4.69, 9.17) is 14.9 Å². The normalized spacial score (nSPS) is 18.0. The van der Waals surface area contributed by atoms with E-state index in [-0.39, 0.29) is 6.61 Å². The number of carbonyl (C=O) groups is 3. The zero-order chi connectivity index (χ0) is 17.5. The molecule has 3 N–H and O–H groups in total. The SMILES string of the molecule is O=C(O)[C@H](CO)NC(=O)[C@@H]1CCCN1C(=O)OCc1ccccc1. The second kappa shape index (κ2) is 8.30. The van der Waals surface area contributed by atoms with Gasteiger partial charge in [-0.2, -0.15) is 0 Å². The Hall–Kier alpha value is -2.61. The van der Waals surface area contributed by atoms with Crippen LogP contribution in [0.1, 0.15) is 18.4 Å². The molecule has 0 aliphatic carbocycles. The maximum Gasteiger partial charge on any atom is 0.410 e. The Morgan fingerprint density at radius 3 is 2.62 bits per heavy atom. The maximum atomic E-state index is 12.2. The van der Waals surface area contributed by atoms with Gasteiger partial charge in [0.25, 0.3) is 0 Å². The molecule has 0 radical (unpaired) electrons. The van der Waals surface area contributed by atoms with Gasteiger partial charge in [-0.15, -0.1) is 0 Å². The summed E-state index contributed by atoms with van der Waals surface area (Å²) in [5, 5.41) is 20.1. The number of carboxylic acid groups (broad SMARTS) is 1. The molecule has 0 saturated carbocycles. The number of nitrogens with zero attached hydrogens (tertiary/aromatic N) is 1. The molecule has 130 valence electrons. The monoisotopic (exact) mass is 336 g/mol. The van der Waals surface area contributed by atoms with E-state index >= 15 is 0 Å². The van der Waals surface area contributed by atoms with Crippen molar-refractivity contribution in [3.05, 3.63) is 35.9 Å². The minimum atomic E-state index is -1.39. The van der Waals surface area contributed by atoms with Crippen LogP contribution in [0.25, 0.3) is 0 Å². The lowest BCUT2D eigenvalue weighted by Gasteiger charge is -2.24. The summed E-state index contributed by atoms with van der Waals surface area (Å²) in [6.07, 6.45) is 0.423. The van der Waals surface area contributed by atoms with Gasteiger partial charge in [0.15, 0.2) is 0 Å². The van der Waals surface area contributed by atoms with Crippen molar-refractivity contribution in [2.24, 2.45) is 0 Å². The smallest absolute Gasteiger partial charge is 0.410 e. The molecule has 0 unspecified atom stereocenters. The van der Waals surface area contributed by atoms with Gasteiger partial charge >= 0.3 is 12.1 Å². The molecule has 2 atom stereocenters. The molecule has 0 aromatic heterocycles. The molecule has 1 aromatic carbocycles. The van der Waals surface area contributed by atoms with Gasteiger partial charge in [-0.3, -0.25) is 9.69 Å². The first-order chi connectivity index (χ1) is 11.5.